The Hall–Kier alpha value is -0.610. The molecule has 1 aromatic heterocycles. The van der Waals surface area contributed by atoms with E-state index in [0.29, 0.717) is 0 Å². The number of nitrogens with zero attached hydrogens (tertiary/aromatic N) is 2. The molecule has 1 fully saturated rings. The van der Waals surface area contributed by atoms with Crippen molar-refractivity contribution >= 4 is 21.7 Å². The zero-order valence-corrected chi connectivity index (χ0v) is 9.63. The summed E-state index contributed by atoms with van der Waals surface area (Å²) in [7, 11) is 0. The van der Waals surface area contributed by atoms with Crippen molar-refractivity contribution in [2.75, 3.05) is 18.5 Å². The van der Waals surface area contributed by atoms with Gasteiger partial charge >= 0.3 is 0 Å². The summed E-state index contributed by atoms with van der Waals surface area (Å²) in [5, 5.41) is 2.23. The molecule has 3 nitrogen and oxygen atoms in total. The molecule has 1 N–H and O–H groups in total. The lowest BCUT2D eigenvalue weighted by Gasteiger charge is -2.27. The van der Waals surface area contributed by atoms with Crippen LogP contribution >= 0.6 is 15.9 Å². The van der Waals surface area contributed by atoms with Crippen molar-refractivity contribution in [3.05, 3.63) is 22.8 Å². The predicted octanol–water partition coefficient (Wildman–Crippen LogP) is 2.66. The quantitative estimate of drug-likeness (QED) is 0.824. The Morgan fingerprint density at radius 3 is 2.71 bits per heavy atom. The van der Waals surface area contributed by atoms with Crippen LogP contribution in [-0.4, -0.2) is 23.1 Å². The van der Waals surface area contributed by atoms with E-state index in [2.05, 4.69) is 31.3 Å². The molecule has 0 saturated carbocycles. The SMILES string of the molecule is Brc1cccc(NN2CCCCC2)n1. The number of pyridine rings is 1. The highest BCUT2D eigenvalue weighted by atomic mass is 79.9. The number of rotatable bonds is 2. The van der Waals surface area contributed by atoms with Crippen LogP contribution in [0.4, 0.5) is 5.82 Å². The highest BCUT2D eigenvalue weighted by molar-refractivity contribution is 9.10. The maximum atomic E-state index is 4.33. The van der Waals surface area contributed by atoms with Crippen molar-refractivity contribution in [2.45, 2.75) is 19.3 Å². The van der Waals surface area contributed by atoms with Gasteiger partial charge in [-0.25, -0.2) is 9.99 Å². The van der Waals surface area contributed by atoms with Crippen LogP contribution in [0, 0.1) is 0 Å². The van der Waals surface area contributed by atoms with E-state index < -0.39 is 0 Å². The summed E-state index contributed by atoms with van der Waals surface area (Å²) in [5.41, 5.74) is 3.31. The fourth-order valence-electron chi connectivity index (χ4n) is 1.64. The Kier molecular flexibility index (Phi) is 3.37. The Morgan fingerprint density at radius 2 is 2.00 bits per heavy atom. The van der Waals surface area contributed by atoms with Crippen LogP contribution in [-0.2, 0) is 0 Å². The van der Waals surface area contributed by atoms with E-state index in [-0.39, 0.29) is 0 Å². The summed E-state index contributed by atoms with van der Waals surface area (Å²) >= 11 is 3.36. The van der Waals surface area contributed by atoms with Crippen molar-refractivity contribution in [3.63, 3.8) is 0 Å². The molecule has 0 aliphatic carbocycles. The zero-order valence-electron chi connectivity index (χ0n) is 8.04. The van der Waals surface area contributed by atoms with Gasteiger partial charge in [-0.05, 0) is 40.9 Å². The van der Waals surface area contributed by atoms with Gasteiger partial charge < -0.3 is 5.43 Å². The predicted molar refractivity (Wildman–Crippen MR) is 61.0 cm³/mol. The lowest BCUT2D eigenvalue weighted by atomic mass is 10.2. The fourth-order valence-corrected chi connectivity index (χ4v) is 1.98. The second-order valence-corrected chi connectivity index (χ2v) is 4.32. The molecule has 0 amide bonds. The molecular formula is C10H14BrN3. The lowest BCUT2D eigenvalue weighted by Crippen LogP contribution is -2.35. The Morgan fingerprint density at radius 1 is 1.21 bits per heavy atom. The van der Waals surface area contributed by atoms with E-state index >= 15 is 0 Å². The molecule has 0 bridgehead atoms. The first-order chi connectivity index (χ1) is 6.84. The molecule has 4 heteroatoms. The van der Waals surface area contributed by atoms with Crippen LogP contribution in [0.3, 0.4) is 0 Å². The molecule has 2 heterocycles. The molecule has 14 heavy (non-hydrogen) atoms. The van der Waals surface area contributed by atoms with E-state index in [1.54, 1.807) is 0 Å². The largest absolute Gasteiger partial charge is 0.303 e. The molecule has 0 unspecified atom stereocenters. The standard InChI is InChI=1S/C10H14BrN3/c11-9-5-4-6-10(12-9)13-14-7-2-1-3-8-14/h4-6H,1-3,7-8H2,(H,12,13). The molecule has 0 spiro atoms. The zero-order chi connectivity index (χ0) is 9.80. The van der Waals surface area contributed by atoms with Crippen molar-refractivity contribution in [2.24, 2.45) is 0 Å². The highest BCUT2D eigenvalue weighted by Crippen LogP contribution is 2.13. The van der Waals surface area contributed by atoms with E-state index in [0.717, 1.165) is 23.5 Å². The van der Waals surface area contributed by atoms with Gasteiger partial charge in [0.2, 0.25) is 0 Å². The van der Waals surface area contributed by atoms with Crippen molar-refractivity contribution < 1.29 is 0 Å². The first-order valence-corrected chi connectivity index (χ1v) is 5.78. The summed E-state index contributed by atoms with van der Waals surface area (Å²) in [6.07, 6.45) is 3.91. The average Bonchev–Trinajstić information content (AvgIpc) is 2.19. The van der Waals surface area contributed by atoms with E-state index in [9.17, 15) is 0 Å². The maximum Gasteiger partial charge on any atom is 0.141 e. The summed E-state index contributed by atoms with van der Waals surface area (Å²) in [5.74, 6) is 0.918. The van der Waals surface area contributed by atoms with Crippen molar-refractivity contribution in [1.82, 2.24) is 9.99 Å². The Labute approximate surface area is 92.6 Å². The highest BCUT2D eigenvalue weighted by Gasteiger charge is 2.09. The minimum Gasteiger partial charge on any atom is -0.303 e. The Bertz CT molecular complexity index is 297. The molecule has 0 radical (unpaired) electrons. The van der Waals surface area contributed by atoms with E-state index in [4.69, 9.17) is 0 Å². The van der Waals surface area contributed by atoms with Gasteiger partial charge in [0.05, 0.1) is 0 Å². The fraction of sp³-hybridized carbons (Fsp3) is 0.500. The number of halogens is 1. The van der Waals surface area contributed by atoms with Crippen LogP contribution in [0.5, 0.6) is 0 Å². The van der Waals surface area contributed by atoms with Gasteiger partial charge in [0, 0.05) is 13.1 Å². The van der Waals surface area contributed by atoms with Crippen LogP contribution in [0.2, 0.25) is 0 Å². The van der Waals surface area contributed by atoms with Gasteiger partial charge in [-0.3, -0.25) is 0 Å². The van der Waals surface area contributed by atoms with Crippen molar-refractivity contribution in [1.29, 1.82) is 0 Å². The molecule has 0 atom stereocenters. The summed E-state index contributed by atoms with van der Waals surface area (Å²) in [4.78, 5) is 4.33. The van der Waals surface area contributed by atoms with Gasteiger partial charge in [0.25, 0.3) is 0 Å². The molecule has 2 rings (SSSR count). The van der Waals surface area contributed by atoms with Gasteiger partial charge in [-0.2, -0.15) is 0 Å². The van der Waals surface area contributed by atoms with Crippen LogP contribution in [0.15, 0.2) is 22.8 Å². The van der Waals surface area contributed by atoms with Crippen LogP contribution < -0.4 is 5.43 Å². The van der Waals surface area contributed by atoms with Crippen LogP contribution in [0.25, 0.3) is 0 Å². The number of piperidine rings is 1. The molecule has 1 saturated heterocycles. The number of hydrogen-bond acceptors (Lipinski definition) is 3. The number of nitrogens with one attached hydrogen (secondary N) is 1. The van der Waals surface area contributed by atoms with Gasteiger partial charge in [0.1, 0.15) is 10.4 Å². The number of aromatic nitrogens is 1. The molecule has 1 aromatic rings. The summed E-state index contributed by atoms with van der Waals surface area (Å²) in [6.45, 7) is 2.24. The molecule has 1 aliphatic rings. The number of anilines is 1. The molecule has 76 valence electrons. The van der Waals surface area contributed by atoms with E-state index in [1.807, 2.05) is 18.2 Å². The van der Waals surface area contributed by atoms with Gasteiger partial charge in [-0.15, -0.1) is 0 Å². The minimum absolute atomic E-state index is 0.875. The molecular weight excluding hydrogens is 242 g/mol. The molecule has 1 aliphatic heterocycles. The number of hydrazine groups is 1. The normalized spacial score (nSPS) is 18.1. The van der Waals surface area contributed by atoms with Crippen LogP contribution in [0.1, 0.15) is 19.3 Å². The van der Waals surface area contributed by atoms with E-state index in [1.165, 1.54) is 19.3 Å². The molecule has 0 aromatic carbocycles. The van der Waals surface area contributed by atoms with Gasteiger partial charge in [0.15, 0.2) is 0 Å². The summed E-state index contributed by atoms with van der Waals surface area (Å²) in [6, 6.07) is 5.91. The maximum absolute atomic E-state index is 4.33. The second-order valence-electron chi connectivity index (χ2n) is 3.51. The van der Waals surface area contributed by atoms with Crippen molar-refractivity contribution in [3.8, 4) is 0 Å². The first kappa shape index (κ1) is 9.93. The monoisotopic (exact) mass is 255 g/mol. The smallest absolute Gasteiger partial charge is 0.141 e. The third-order valence-corrected chi connectivity index (χ3v) is 2.79. The summed E-state index contributed by atoms with van der Waals surface area (Å²) < 4.78 is 0.875. The third kappa shape index (κ3) is 2.69. The first-order valence-electron chi connectivity index (χ1n) is 4.99. The third-order valence-electron chi connectivity index (χ3n) is 2.34. The topological polar surface area (TPSA) is 28.2 Å². The minimum atomic E-state index is 0.875. The van der Waals surface area contributed by atoms with Gasteiger partial charge in [-0.1, -0.05) is 12.5 Å². The lowest BCUT2D eigenvalue weighted by molar-refractivity contribution is 0.272. The number of hydrogen-bond donors (Lipinski definition) is 1. The second kappa shape index (κ2) is 4.75. The Balaban J connectivity index is 1.95. The average molecular weight is 256 g/mol.